The molecule has 0 aliphatic heterocycles. The van der Waals surface area contributed by atoms with E-state index in [0.717, 1.165) is 16.3 Å². The third-order valence-corrected chi connectivity index (χ3v) is 5.93. The Labute approximate surface area is 110 Å². The quantitative estimate of drug-likeness (QED) is 0.884. The van der Waals surface area contributed by atoms with Crippen LogP contribution in [0.2, 0.25) is 0 Å². The molecular formula is C12H18N2OS2. The van der Waals surface area contributed by atoms with Crippen LogP contribution >= 0.6 is 23.1 Å². The van der Waals surface area contributed by atoms with E-state index in [1.54, 1.807) is 6.07 Å². The maximum Gasteiger partial charge on any atom is 0.261 e. The third-order valence-electron chi connectivity index (χ3n) is 3.45. The molecule has 5 heteroatoms. The van der Waals surface area contributed by atoms with Crippen molar-refractivity contribution < 1.29 is 4.79 Å². The van der Waals surface area contributed by atoms with Crippen LogP contribution in [-0.4, -0.2) is 23.5 Å². The fourth-order valence-corrected chi connectivity index (χ4v) is 3.73. The van der Waals surface area contributed by atoms with Crippen molar-refractivity contribution in [3.8, 4) is 0 Å². The minimum Gasteiger partial charge on any atom is -0.398 e. The molecular weight excluding hydrogens is 252 g/mol. The first-order valence-electron chi connectivity index (χ1n) is 5.75. The molecule has 3 N–H and O–H groups in total. The maximum absolute atomic E-state index is 11.9. The molecule has 1 heterocycles. The number of anilines is 1. The van der Waals surface area contributed by atoms with Crippen molar-refractivity contribution in [3.63, 3.8) is 0 Å². The van der Waals surface area contributed by atoms with Crippen molar-refractivity contribution >= 4 is 34.7 Å². The van der Waals surface area contributed by atoms with Gasteiger partial charge in [0.05, 0.1) is 4.88 Å². The molecule has 94 valence electrons. The normalized spacial score (nSPS) is 17.5. The Morgan fingerprint density at radius 1 is 1.65 bits per heavy atom. The molecule has 1 aromatic rings. The number of nitrogens with two attached hydrogens (primary N) is 1. The molecule has 1 saturated carbocycles. The predicted octanol–water partition coefficient (Wildman–Crippen LogP) is 2.65. The number of nitrogens with one attached hydrogen (secondary N) is 1. The Morgan fingerprint density at radius 2 is 2.35 bits per heavy atom. The molecule has 17 heavy (non-hydrogen) atoms. The lowest BCUT2D eigenvalue weighted by Crippen LogP contribution is -2.45. The summed E-state index contributed by atoms with van der Waals surface area (Å²) in [6, 6.07) is 1.77. The van der Waals surface area contributed by atoms with Crippen molar-refractivity contribution in [2.45, 2.75) is 30.9 Å². The molecule has 2 rings (SSSR count). The number of aryl methyl sites for hydroxylation is 1. The van der Waals surface area contributed by atoms with Crippen LogP contribution in [0.1, 0.15) is 33.8 Å². The Balaban J connectivity index is 1.93. The Morgan fingerprint density at radius 3 is 2.76 bits per heavy atom. The molecule has 1 fully saturated rings. The molecule has 1 amide bonds. The molecule has 1 aliphatic rings. The molecule has 0 spiro atoms. The molecule has 0 radical (unpaired) electrons. The SMILES string of the molecule is CSC1(CNC(=O)c2cc(N)c(C)s2)CCC1. The van der Waals surface area contributed by atoms with E-state index >= 15 is 0 Å². The van der Waals surface area contributed by atoms with Crippen LogP contribution in [0.25, 0.3) is 0 Å². The lowest BCUT2D eigenvalue weighted by atomic mass is 9.84. The molecule has 0 atom stereocenters. The first-order valence-corrected chi connectivity index (χ1v) is 7.80. The van der Waals surface area contributed by atoms with Crippen LogP contribution in [-0.2, 0) is 0 Å². The number of amides is 1. The van der Waals surface area contributed by atoms with E-state index in [-0.39, 0.29) is 10.7 Å². The minimum atomic E-state index is 0.00937. The average molecular weight is 270 g/mol. The van der Waals surface area contributed by atoms with Crippen LogP contribution in [0.5, 0.6) is 0 Å². The van der Waals surface area contributed by atoms with Crippen molar-refractivity contribution in [2.24, 2.45) is 0 Å². The minimum absolute atomic E-state index is 0.00937. The molecule has 1 aliphatic carbocycles. The maximum atomic E-state index is 11.9. The van der Waals surface area contributed by atoms with Crippen molar-refractivity contribution in [3.05, 3.63) is 15.8 Å². The second kappa shape index (κ2) is 4.90. The largest absolute Gasteiger partial charge is 0.398 e. The van der Waals surface area contributed by atoms with Gasteiger partial charge in [-0.3, -0.25) is 4.79 Å². The van der Waals surface area contributed by atoms with Crippen molar-refractivity contribution in [1.82, 2.24) is 5.32 Å². The first-order chi connectivity index (χ1) is 8.06. The monoisotopic (exact) mass is 270 g/mol. The summed E-state index contributed by atoms with van der Waals surface area (Å²) in [6.07, 6.45) is 5.82. The number of carbonyl (C=O) groups is 1. The number of thioether (sulfide) groups is 1. The zero-order chi connectivity index (χ0) is 12.5. The number of nitrogen functional groups attached to an aromatic ring is 1. The summed E-state index contributed by atoms with van der Waals surface area (Å²) in [7, 11) is 0. The summed E-state index contributed by atoms with van der Waals surface area (Å²) < 4.78 is 0.285. The summed E-state index contributed by atoms with van der Waals surface area (Å²) in [5, 5.41) is 3.03. The Kier molecular flexibility index (Phi) is 3.68. The Bertz CT molecular complexity index is 399. The van der Waals surface area contributed by atoms with E-state index in [1.165, 1.54) is 30.6 Å². The fourth-order valence-electron chi connectivity index (χ4n) is 1.96. The highest BCUT2D eigenvalue weighted by atomic mass is 32.2. The summed E-state index contributed by atoms with van der Waals surface area (Å²) >= 11 is 3.33. The zero-order valence-corrected chi connectivity index (χ0v) is 11.8. The molecule has 1 aromatic heterocycles. The van der Waals surface area contributed by atoms with Gasteiger partial charge in [0.2, 0.25) is 0 Å². The number of hydrogen-bond acceptors (Lipinski definition) is 4. The topological polar surface area (TPSA) is 55.1 Å². The highest BCUT2D eigenvalue weighted by Gasteiger charge is 2.36. The van der Waals surface area contributed by atoms with Gasteiger partial charge in [-0.05, 0) is 32.1 Å². The summed E-state index contributed by atoms with van der Waals surface area (Å²) in [6.45, 7) is 2.70. The number of carbonyl (C=O) groups excluding carboxylic acids is 1. The van der Waals surface area contributed by atoms with Gasteiger partial charge in [0.1, 0.15) is 0 Å². The third kappa shape index (κ3) is 2.60. The van der Waals surface area contributed by atoms with Crippen LogP contribution in [0, 0.1) is 6.92 Å². The fraction of sp³-hybridized carbons (Fsp3) is 0.583. The van der Waals surface area contributed by atoms with Gasteiger partial charge >= 0.3 is 0 Å². The van der Waals surface area contributed by atoms with Crippen LogP contribution in [0.4, 0.5) is 5.69 Å². The Hall–Kier alpha value is -0.680. The van der Waals surface area contributed by atoms with Gasteiger partial charge in [0, 0.05) is 21.9 Å². The van der Waals surface area contributed by atoms with E-state index in [1.807, 2.05) is 18.7 Å². The second-order valence-electron chi connectivity index (χ2n) is 4.55. The first kappa shape index (κ1) is 12.8. The summed E-state index contributed by atoms with van der Waals surface area (Å²) in [5.41, 5.74) is 6.46. The van der Waals surface area contributed by atoms with Crippen LogP contribution in [0.3, 0.4) is 0 Å². The van der Waals surface area contributed by atoms with Gasteiger partial charge in [-0.15, -0.1) is 11.3 Å². The lowest BCUT2D eigenvalue weighted by molar-refractivity contribution is 0.0948. The van der Waals surface area contributed by atoms with Crippen LogP contribution in [0.15, 0.2) is 6.07 Å². The van der Waals surface area contributed by atoms with Gasteiger partial charge in [0.15, 0.2) is 0 Å². The lowest BCUT2D eigenvalue weighted by Gasteiger charge is -2.40. The summed E-state index contributed by atoms with van der Waals surface area (Å²) in [5.74, 6) is 0.00937. The van der Waals surface area contributed by atoms with Gasteiger partial charge in [-0.25, -0.2) is 0 Å². The van der Waals surface area contributed by atoms with E-state index in [4.69, 9.17) is 5.73 Å². The molecule has 3 nitrogen and oxygen atoms in total. The van der Waals surface area contributed by atoms with Crippen molar-refractivity contribution in [2.75, 3.05) is 18.5 Å². The van der Waals surface area contributed by atoms with Gasteiger partial charge in [-0.1, -0.05) is 6.42 Å². The highest BCUT2D eigenvalue weighted by molar-refractivity contribution is 8.00. The highest BCUT2D eigenvalue weighted by Crippen LogP contribution is 2.42. The van der Waals surface area contributed by atoms with Crippen LogP contribution < -0.4 is 11.1 Å². The molecule has 0 bridgehead atoms. The molecule has 0 unspecified atom stereocenters. The molecule has 0 aromatic carbocycles. The smallest absolute Gasteiger partial charge is 0.261 e. The van der Waals surface area contributed by atoms with Gasteiger partial charge in [-0.2, -0.15) is 11.8 Å². The van der Waals surface area contributed by atoms with E-state index in [9.17, 15) is 4.79 Å². The van der Waals surface area contributed by atoms with E-state index in [2.05, 4.69) is 11.6 Å². The predicted molar refractivity (Wildman–Crippen MR) is 75.9 cm³/mol. The second-order valence-corrected chi connectivity index (χ2v) is 7.08. The number of hydrogen-bond donors (Lipinski definition) is 2. The summed E-state index contributed by atoms with van der Waals surface area (Å²) in [4.78, 5) is 13.7. The molecule has 0 saturated heterocycles. The average Bonchev–Trinajstić information content (AvgIpc) is 2.58. The van der Waals surface area contributed by atoms with E-state index < -0.39 is 0 Å². The van der Waals surface area contributed by atoms with Gasteiger partial charge in [0.25, 0.3) is 5.91 Å². The van der Waals surface area contributed by atoms with Crippen molar-refractivity contribution in [1.29, 1.82) is 0 Å². The van der Waals surface area contributed by atoms with E-state index in [0.29, 0.717) is 5.69 Å². The number of thiophene rings is 1. The van der Waals surface area contributed by atoms with Gasteiger partial charge < -0.3 is 11.1 Å². The zero-order valence-electron chi connectivity index (χ0n) is 10.2. The standard InChI is InChI=1S/C12H18N2OS2/c1-8-9(13)6-10(17-8)11(15)14-7-12(16-2)4-3-5-12/h6H,3-5,7,13H2,1-2H3,(H,14,15). The number of rotatable bonds is 4.